The van der Waals surface area contributed by atoms with E-state index in [1.54, 1.807) is 81.9 Å². The molecule has 4 aromatic heterocycles. The summed E-state index contributed by atoms with van der Waals surface area (Å²) in [5.74, 6) is -0.274. The predicted octanol–water partition coefficient (Wildman–Crippen LogP) is 4.31. The number of Topliss-reactive ketones (excluding diaryl/α,β-unsaturated/α-hetero) is 2. The third kappa shape index (κ3) is 10.2. The molecule has 20 nitrogen and oxygen atoms in total. The van der Waals surface area contributed by atoms with Crippen molar-refractivity contribution in [3.63, 3.8) is 0 Å². The van der Waals surface area contributed by atoms with Crippen molar-refractivity contribution in [2.24, 2.45) is 25.6 Å². The van der Waals surface area contributed by atoms with E-state index in [2.05, 4.69) is 22.1 Å². The maximum atomic E-state index is 14.0. The number of nitriles is 2. The van der Waals surface area contributed by atoms with Gasteiger partial charge in [0.15, 0.2) is 33.9 Å². The number of benzene rings is 4. The highest BCUT2D eigenvalue weighted by atomic mass is 19.1. The van der Waals surface area contributed by atoms with E-state index < -0.39 is 40.4 Å². The van der Waals surface area contributed by atoms with Crippen LogP contribution in [0.5, 0.6) is 0 Å². The van der Waals surface area contributed by atoms with Gasteiger partial charge in [0.2, 0.25) is 11.9 Å². The Bertz CT molecular complexity index is 3820. The molecule has 382 valence electrons. The first-order valence-corrected chi connectivity index (χ1v) is 24.5. The number of hydrogen-bond donors (Lipinski definition) is 4. The van der Waals surface area contributed by atoms with Crippen molar-refractivity contribution >= 4 is 45.8 Å². The van der Waals surface area contributed by atoms with Crippen LogP contribution in [0.2, 0.25) is 0 Å². The van der Waals surface area contributed by atoms with Gasteiger partial charge < -0.3 is 21.3 Å². The fourth-order valence-corrected chi connectivity index (χ4v) is 10.1. The molecule has 0 spiro atoms. The molecule has 0 saturated carbocycles. The van der Waals surface area contributed by atoms with Crippen molar-refractivity contribution in [3.05, 3.63) is 184 Å². The minimum Gasteiger partial charge on any atom is -0.341 e. The van der Waals surface area contributed by atoms with E-state index in [-0.39, 0.29) is 64.4 Å². The van der Waals surface area contributed by atoms with Gasteiger partial charge in [-0.2, -0.15) is 20.5 Å². The predicted molar refractivity (Wildman–Crippen MR) is 279 cm³/mol. The maximum absolute atomic E-state index is 14.0. The monoisotopic (exact) mass is 1010 g/mol. The molecule has 4 atom stereocenters. The lowest BCUT2D eigenvalue weighted by Crippen LogP contribution is -2.44. The molecule has 8 aromatic rings. The molecular weight excluding hydrogens is 960 g/mol. The molecule has 2 aliphatic rings. The van der Waals surface area contributed by atoms with Crippen molar-refractivity contribution in [1.29, 1.82) is 10.5 Å². The molecular formula is C54H53FN14O6. The summed E-state index contributed by atoms with van der Waals surface area (Å²) in [6, 6.07) is 30.7. The van der Waals surface area contributed by atoms with Crippen LogP contribution in [0.25, 0.3) is 22.3 Å². The molecule has 2 aliphatic heterocycles. The summed E-state index contributed by atoms with van der Waals surface area (Å²) in [4.78, 5) is 96.5. The fourth-order valence-electron chi connectivity index (χ4n) is 10.1. The van der Waals surface area contributed by atoms with Crippen LogP contribution in [0.1, 0.15) is 93.6 Å². The Balaban J connectivity index is 0.000000184. The molecule has 21 heteroatoms. The van der Waals surface area contributed by atoms with Crippen molar-refractivity contribution in [2.45, 2.75) is 62.7 Å². The number of hydrogen-bond acceptors (Lipinski definition) is 14. The van der Waals surface area contributed by atoms with E-state index in [1.807, 2.05) is 15.9 Å². The van der Waals surface area contributed by atoms with E-state index in [1.165, 1.54) is 41.4 Å². The highest BCUT2D eigenvalue weighted by molar-refractivity contribution is 5.97. The Morgan fingerprint density at radius 2 is 1.07 bits per heavy atom. The van der Waals surface area contributed by atoms with Gasteiger partial charge in [0.25, 0.3) is 11.1 Å². The lowest BCUT2D eigenvalue weighted by molar-refractivity contribution is 0.0961. The highest BCUT2D eigenvalue weighted by Gasteiger charge is 2.34. The van der Waals surface area contributed by atoms with E-state index in [9.17, 15) is 43.7 Å². The fraction of sp³-hybridized carbons (Fsp3) is 0.296. The Morgan fingerprint density at radius 1 is 0.640 bits per heavy atom. The number of carbonyl (C=O) groups is 2. The first-order valence-electron chi connectivity index (χ1n) is 24.5. The third-order valence-corrected chi connectivity index (χ3v) is 13.8. The van der Waals surface area contributed by atoms with E-state index in [0.717, 1.165) is 31.7 Å². The summed E-state index contributed by atoms with van der Waals surface area (Å²) in [6.45, 7) is 2.23. The van der Waals surface area contributed by atoms with Gasteiger partial charge in [-0.15, -0.1) is 0 Å². The van der Waals surface area contributed by atoms with Crippen LogP contribution in [0.3, 0.4) is 0 Å². The Morgan fingerprint density at radius 3 is 1.51 bits per heavy atom. The molecule has 4 aromatic carbocycles. The first-order chi connectivity index (χ1) is 36.2. The lowest BCUT2D eigenvalue weighted by Gasteiger charge is -2.33. The first kappa shape index (κ1) is 50.9. The summed E-state index contributed by atoms with van der Waals surface area (Å²) in [7, 11) is 3.04. The van der Waals surface area contributed by atoms with Crippen molar-refractivity contribution in [3.8, 4) is 12.1 Å². The minimum absolute atomic E-state index is 0.0245. The van der Waals surface area contributed by atoms with Crippen LogP contribution in [-0.2, 0) is 14.1 Å². The number of fused-ring (bicyclic) bond motifs is 2. The number of aryl methyl sites for hydroxylation is 2. The summed E-state index contributed by atoms with van der Waals surface area (Å²) >= 11 is 0. The molecule has 2 saturated heterocycles. The summed E-state index contributed by atoms with van der Waals surface area (Å²) in [5.41, 5.74) is 13.1. The quantitative estimate of drug-likeness (QED) is 0.124. The summed E-state index contributed by atoms with van der Waals surface area (Å²) in [5, 5.41) is 19.8. The topological polar surface area (TPSA) is 286 Å². The van der Waals surface area contributed by atoms with Crippen molar-refractivity contribution in [1.82, 2.24) is 38.2 Å². The maximum Gasteiger partial charge on any atom is 0.329 e. The van der Waals surface area contributed by atoms with E-state index in [4.69, 9.17) is 21.4 Å². The standard InChI is InChI=1S/C27H26FN7O3.C27H27N7O3/c1-33-24-23(25(37)32-27(33)38)35(26(31-24)34-11-5-9-19(30)15-34)21(20-10-3-2-6-17(20)14-29)13-22(36)16-7-4-8-18(28)12-16;1-32-24-23(25(36)31-27(32)37)34(26(30-24)33-13-7-11-19(29)16-33)21(20-12-6-5-10-18(20)15-28)14-22(35)17-8-3-2-4-9-17/h2-4,6-8,10,12,19,21H,5,9,11,13,15,30H2,1H3,(H,32,37,38);2-6,8-10,12,19,21H,7,11,13-14,16,29H2,1H3,(H,31,36,37). The molecule has 10 rings (SSSR count). The number of nitrogens with two attached hydrogens (primary N) is 2. The normalized spacial score (nSPS) is 16.4. The van der Waals surface area contributed by atoms with Gasteiger partial charge in [0.1, 0.15) is 5.82 Å². The number of piperidine rings is 2. The number of H-pyrrole nitrogens is 2. The average molecular weight is 1010 g/mol. The zero-order valence-electron chi connectivity index (χ0n) is 41.1. The Kier molecular flexibility index (Phi) is 14.6. The summed E-state index contributed by atoms with van der Waals surface area (Å²) < 4.78 is 19.8. The van der Waals surface area contributed by atoms with Crippen LogP contribution in [0.4, 0.5) is 16.3 Å². The van der Waals surface area contributed by atoms with Crippen molar-refractivity contribution in [2.75, 3.05) is 36.0 Å². The minimum atomic E-state index is -0.863. The smallest absolute Gasteiger partial charge is 0.329 e. The number of anilines is 2. The van der Waals surface area contributed by atoms with Gasteiger partial charge >= 0.3 is 11.4 Å². The second-order valence-corrected chi connectivity index (χ2v) is 18.8. The number of aromatic nitrogens is 8. The molecule has 0 aliphatic carbocycles. The third-order valence-electron chi connectivity index (χ3n) is 13.8. The molecule has 6 heterocycles. The van der Waals surface area contributed by atoms with Gasteiger partial charge in [0.05, 0.1) is 35.3 Å². The van der Waals surface area contributed by atoms with Gasteiger partial charge in [-0.25, -0.2) is 14.0 Å². The van der Waals surface area contributed by atoms with Gasteiger partial charge in [-0.3, -0.25) is 47.4 Å². The highest BCUT2D eigenvalue weighted by Crippen LogP contribution is 2.37. The number of aromatic amines is 2. The zero-order chi connectivity index (χ0) is 53.1. The Hall–Kier alpha value is -9.05. The number of ketones is 2. The SMILES string of the molecule is Cn1c(=O)[nH]c(=O)c2c1nc(N1CCCC(N)C1)n2C(CC(=O)c1cccc(F)c1)c1ccccc1C#N.Cn1c(=O)[nH]c(=O)c2c1nc(N1CCCC(N)C1)n2C(CC(=O)c1ccccc1)c1ccccc1C#N. The number of imidazole rings is 2. The second kappa shape index (κ2) is 21.6. The van der Waals surface area contributed by atoms with Crippen LogP contribution in [0.15, 0.2) is 122 Å². The van der Waals surface area contributed by atoms with Gasteiger partial charge in [0, 0.05) is 76.3 Å². The number of rotatable bonds is 12. The molecule has 75 heavy (non-hydrogen) atoms. The van der Waals surface area contributed by atoms with Crippen LogP contribution >= 0.6 is 0 Å². The van der Waals surface area contributed by atoms with E-state index in [0.29, 0.717) is 65.9 Å². The molecule has 4 unspecified atom stereocenters. The lowest BCUT2D eigenvalue weighted by atomic mass is 9.94. The number of nitrogens with zero attached hydrogens (tertiary/aromatic N) is 10. The van der Waals surface area contributed by atoms with Gasteiger partial charge in [-0.1, -0.05) is 78.9 Å². The molecule has 2 fully saturated rings. The van der Waals surface area contributed by atoms with Crippen LogP contribution in [0, 0.1) is 28.5 Å². The average Bonchev–Trinajstić information content (AvgIpc) is 4.02. The van der Waals surface area contributed by atoms with Crippen molar-refractivity contribution < 1.29 is 14.0 Å². The second-order valence-electron chi connectivity index (χ2n) is 18.8. The molecule has 0 amide bonds. The molecule has 0 bridgehead atoms. The number of nitrogens with one attached hydrogen (secondary N) is 2. The Labute approximate surface area is 427 Å². The van der Waals surface area contributed by atoms with Crippen LogP contribution in [-0.4, -0.2) is 88.0 Å². The number of carbonyl (C=O) groups excluding carboxylic acids is 2. The van der Waals surface area contributed by atoms with Crippen LogP contribution < -0.4 is 43.8 Å². The summed E-state index contributed by atoms with van der Waals surface area (Å²) in [6.07, 6.45) is 3.10. The zero-order valence-corrected chi connectivity index (χ0v) is 41.1. The number of halogens is 1. The molecule has 0 radical (unpaired) electrons. The largest absolute Gasteiger partial charge is 0.341 e. The molecule has 6 N–H and O–H groups in total. The van der Waals surface area contributed by atoms with Gasteiger partial charge in [-0.05, 0) is 61.1 Å². The van der Waals surface area contributed by atoms with E-state index >= 15 is 0 Å².